The summed E-state index contributed by atoms with van der Waals surface area (Å²) in [5.74, 6) is 0.144. The normalized spacial score (nSPS) is 21.9. The highest BCUT2D eigenvalue weighted by molar-refractivity contribution is 5.79. The van der Waals surface area contributed by atoms with Crippen molar-refractivity contribution in [2.45, 2.75) is 52.6 Å². The summed E-state index contributed by atoms with van der Waals surface area (Å²) in [6.45, 7) is 8.35. The molecule has 4 nitrogen and oxygen atoms in total. The predicted molar refractivity (Wildman–Crippen MR) is 65.8 cm³/mol. The number of rotatable bonds is 1. The van der Waals surface area contributed by atoms with Gasteiger partial charge in [-0.2, -0.15) is 0 Å². The Labute approximate surface area is 103 Å². The molecule has 1 atom stereocenters. The van der Waals surface area contributed by atoms with Gasteiger partial charge in [-0.3, -0.25) is 4.79 Å². The minimum atomic E-state index is -0.477. The monoisotopic (exact) mass is 241 g/mol. The van der Waals surface area contributed by atoms with Crippen molar-refractivity contribution in [2.24, 2.45) is 5.92 Å². The quantitative estimate of drug-likeness (QED) is 0.709. The standard InChI is InChI=1S/C13H23NO3/c1-10(15)11-7-5-6-8-14(9-11)12(16)17-13(2,3)4/h11H,5-9H2,1-4H3/t11-/m0/s1. The van der Waals surface area contributed by atoms with Crippen molar-refractivity contribution >= 4 is 11.9 Å². The molecule has 0 saturated carbocycles. The molecule has 98 valence electrons. The minimum absolute atomic E-state index is 0.0231. The average Bonchev–Trinajstić information content (AvgIpc) is 2.39. The molecule has 1 heterocycles. The number of ether oxygens (including phenoxy) is 1. The molecule has 0 radical (unpaired) electrons. The van der Waals surface area contributed by atoms with Gasteiger partial charge in [0.15, 0.2) is 0 Å². The summed E-state index contributed by atoms with van der Waals surface area (Å²) in [6.07, 6.45) is 2.53. The first-order valence-electron chi connectivity index (χ1n) is 6.28. The lowest BCUT2D eigenvalue weighted by Gasteiger charge is -2.27. The van der Waals surface area contributed by atoms with E-state index in [1.54, 1.807) is 11.8 Å². The Morgan fingerprint density at radius 3 is 2.41 bits per heavy atom. The number of amides is 1. The molecule has 4 heteroatoms. The smallest absolute Gasteiger partial charge is 0.410 e. The molecule has 0 spiro atoms. The molecular weight excluding hydrogens is 218 g/mol. The summed E-state index contributed by atoms with van der Waals surface area (Å²) in [7, 11) is 0. The molecule has 1 fully saturated rings. The minimum Gasteiger partial charge on any atom is -0.444 e. The molecule has 0 aromatic heterocycles. The fourth-order valence-electron chi connectivity index (χ4n) is 1.97. The van der Waals surface area contributed by atoms with Crippen LogP contribution in [-0.2, 0) is 9.53 Å². The van der Waals surface area contributed by atoms with E-state index >= 15 is 0 Å². The number of likely N-dealkylation sites (tertiary alicyclic amines) is 1. The number of nitrogens with zero attached hydrogens (tertiary/aromatic N) is 1. The second kappa shape index (κ2) is 5.52. The fraction of sp³-hybridized carbons (Fsp3) is 0.846. The highest BCUT2D eigenvalue weighted by Crippen LogP contribution is 2.19. The first kappa shape index (κ1) is 14.0. The number of carbonyl (C=O) groups is 2. The molecule has 0 aliphatic carbocycles. The van der Waals surface area contributed by atoms with Crippen LogP contribution in [0.3, 0.4) is 0 Å². The Hall–Kier alpha value is -1.06. The van der Waals surface area contributed by atoms with Crippen LogP contribution in [0.25, 0.3) is 0 Å². The van der Waals surface area contributed by atoms with E-state index in [9.17, 15) is 9.59 Å². The van der Waals surface area contributed by atoms with Crippen LogP contribution in [-0.4, -0.2) is 35.5 Å². The Bertz CT molecular complexity index is 294. The zero-order valence-corrected chi connectivity index (χ0v) is 11.3. The highest BCUT2D eigenvalue weighted by atomic mass is 16.6. The van der Waals surface area contributed by atoms with E-state index in [1.807, 2.05) is 20.8 Å². The third kappa shape index (κ3) is 4.75. The molecule has 0 aromatic rings. The van der Waals surface area contributed by atoms with Crippen molar-refractivity contribution in [1.29, 1.82) is 0 Å². The van der Waals surface area contributed by atoms with E-state index in [-0.39, 0.29) is 17.8 Å². The summed E-state index contributed by atoms with van der Waals surface area (Å²) in [4.78, 5) is 25.0. The van der Waals surface area contributed by atoms with Crippen LogP contribution in [0.4, 0.5) is 4.79 Å². The number of carbonyl (C=O) groups excluding carboxylic acids is 2. The lowest BCUT2D eigenvalue weighted by Crippen LogP contribution is -2.40. The maximum Gasteiger partial charge on any atom is 0.410 e. The average molecular weight is 241 g/mol. The molecule has 0 unspecified atom stereocenters. The van der Waals surface area contributed by atoms with Gasteiger partial charge < -0.3 is 9.64 Å². The summed E-state index contributed by atoms with van der Waals surface area (Å²) in [5, 5.41) is 0. The van der Waals surface area contributed by atoms with Gasteiger partial charge in [0, 0.05) is 19.0 Å². The number of ketones is 1. The zero-order chi connectivity index (χ0) is 13.1. The highest BCUT2D eigenvalue weighted by Gasteiger charge is 2.27. The summed E-state index contributed by atoms with van der Waals surface area (Å²) in [5.41, 5.74) is -0.477. The van der Waals surface area contributed by atoms with Crippen molar-refractivity contribution in [3.63, 3.8) is 0 Å². The van der Waals surface area contributed by atoms with Crippen molar-refractivity contribution < 1.29 is 14.3 Å². The van der Waals surface area contributed by atoms with E-state index in [0.717, 1.165) is 19.3 Å². The predicted octanol–water partition coefficient (Wildman–Crippen LogP) is 2.61. The number of hydrogen-bond acceptors (Lipinski definition) is 3. The largest absolute Gasteiger partial charge is 0.444 e. The van der Waals surface area contributed by atoms with E-state index in [4.69, 9.17) is 4.74 Å². The summed E-state index contributed by atoms with van der Waals surface area (Å²) in [6, 6.07) is 0. The Balaban J connectivity index is 2.62. The Morgan fingerprint density at radius 1 is 1.24 bits per heavy atom. The first-order valence-corrected chi connectivity index (χ1v) is 6.28. The molecular formula is C13H23NO3. The lowest BCUT2D eigenvalue weighted by atomic mass is 10.00. The topological polar surface area (TPSA) is 46.6 Å². The van der Waals surface area contributed by atoms with E-state index < -0.39 is 5.60 Å². The van der Waals surface area contributed by atoms with E-state index in [2.05, 4.69) is 0 Å². The van der Waals surface area contributed by atoms with Gasteiger partial charge >= 0.3 is 6.09 Å². The van der Waals surface area contributed by atoms with Crippen LogP contribution in [0.1, 0.15) is 47.0 Å². The molecule has 1 saturated heterocycles. The second-order valence-corrected chi connectivity index (χ2v) is 5.73. The molecule has 1 rings (SSSR count). The molecule has 0 N–H and O–H groups in total. The zero-order valence-electron chi connectivity index (χ0n) is 11.3. The van der Waals surface area contributed by atoms with Gasteiger partial charge in [0.05, 0.1) is 0 Å². The maximum absolute atomic E-state index is 11.9. The van der Waals surface area contributed by atoms with Crippen LogP contribution in [0, 0.1) is 5.92 Å². The summed E-state index contributed by atoms with van der Waals surface area (Å²) >= 11 is 0. The van der Waals surface area contributed by atoms with Crippen molar-refractivity contribution in [2.75, 3.05) is 13.1 Å². The van der Waals surface area contributed by atoms with E-state index in [1.165, 1.54) is 0 Å². The number of hydrogen-bond donors (Lipinski definition) is 0. The van der Waals surface area contributed by atoms with Crippen LogP contribution in [0.15, 0.2) is 0 Å². The third-order valence-electron chi connectivity index (χ3n) is 2.90. The third-order valence-corrected chi connectivity index (χ3v) is 2.90. The van der Waals surface area contributed by atoms with E-state index in [0.29, 0.717) is 13.1 Å². The molecule has 1 amide bonds. The van der Waals surface area contributed by atoms with Crippen LogP contribution in [0.2, 0.25) is 0 Å². The van der Waals surface area contributed by atoms with Crippen molar-refractivity contribution in [1.82, 2.24) is 4.90 Å². The van der Waals surface area contributed by atoms with Gasteiger partial charge in [0.25, 0.3) is 0 Å². The van der Waals surface area contributed by atoms with Crippen molar-refractivity contribution in [3.8, 4) is 0 Å². The van der Waals surface area contributed by atoms with Crippen LogP contribution in [0.5, 0.6) is 0 Å². The van der Waals surface area contributed by atoms with Crippen LogP contribution >= 0.6 is 0 Å². The fourth-order valence-corrected chi connectivity index (χ4v) is 1.97. The maximum atomic E-state index is 11.9. The molecule has 17 heavy (non-hydrogen) atoms. The number of Topliss-reactive ketones (excluding diaryl/α,β-unsaturated/α-hetero) is 1. The van der Waals surface area contributed by atoms with Gasteiger partial charge in [-0.15, -0.1) is 0 Å². The SMILES string of the molecule is CC(=O)[C@H]1CCCCN(C(=O)OC(C)(C)C)C1. The van der Waals surface area contributed by atoms with Crippen molar-refractivity contribution in [3.05, 3.63) is 0 Å². The molecule has 1 aliphatic heterocycles. The molecule has 1 aliphatic rings. The Morgan fingerprint density at radius 2 is 1.88 bits per heavy atom. The Kier molecular flexibility index (Phi) is 4.54. The lowest BCUT2D eigenvalue weighted by molar-refractivity contribution is -0.121. The summed E-state index contributed by atoms with van der Waals surface area (Å²) < 4.78 is 5.34. The van der Waals surface area contributed by atoms with Gasteiger partial charge in [-0.25, -0.2) is 4.79 Å². The van der Waals surface area contributed by atoms with Gasteiger partial charge in [-0.1, -0.05) is 6.42 Å². The van der Waals surface area contributed by atoms with Gasteiger partial charge in [0.1, 0.15) is 11.4 Å². The molecule has 0 aromatic carbocycles. The van der Waals surface area contributed by atoms with Crippen LogP contribution < -0.4 is 0 Å². The van der Waals surface area contributed by atoms with Gasteiger partial charge in [0.2, 0.25) is 0 Å². The second-order valence-electron chi connectivity index (χ2n) is 5.73. The first-order chi connectivity index (χ1) is 7.79. The molecule has 0 bridgehead atoms. The van der Waals surface area contributed by atoms with Gasteiger partial charge in [-0.05, 0) is 40.5 Å².